The highest BCUT2D eigenvalue weighted by molar-refractivity contribution is 7.89. The van der Waals surface area contributed by atoms with Crippen molar-refractivity contribution in [2.24, 2.45) is 0 Å². The van der Waals surface area contributed by atoms with Gasteiger partial charge in [-0.25, -0.2) is 13.1 Å². The number of benzene rings is 2. The van der Waals surface area contributed by atoms with Gasteiger partial charge in [-0.2, -0.15) is 0 Å². The summed E-state index contributed by atoms with van der Waals surface area (Å²) in [7, 11) is -3.48. The Kier molecular flexibility index (Phi) is 4.18. The van der Waals surface area contributed by atoms with E-state index in [-0.39, 0.29) is 5.92 Å². The van der Waals surface area contributed by atoms with Crippen LogP contribution in [0, 0.1) is 6.92 Å². The van der Waals surface area contributed by atoms with E-state index in [0.717, 1.165) is 23.3 Å². The summed E-state index contributed by atoms with van der Waals surface area (Å²) in [6.07, 6.45) is 0.813. The molecule has 1 unspecified atom stereocenters. The number of para-hydroxylation sites is 1. The Morgan fingerprint density at radius 2 is 2.00 bits per heavy atom. The van der Waals surface area contributed by atoms with Crippen molar-refractivity contribution >= 4 is 10.0 Å². The van der Waals surface area contributed by atoms with Gasteiger partial charge in [0.2, 0.25) is 10.0 Å². The Morgan fingerprint density at radius 3 is 2.82 bits per heavy atom. The molecule has 2 aromatic carbocycles. The van der Waals surface area contributed by atoms with E-state index in [2.05, 4.69) is 4.72 Å². The van der Waals surface area contributed by atoms with E-state index in [1.807, 2.05) is 37.3 Å². The molecule has 0 bridgehead atoms. The highest BCUT2D eigenvalue weighted by atomic mass is 32.2. The number of fused-ring (bicyclic) bond motifs is 1. The van der Waals surface area contributed by atoms with Gasteiger partial charge in [-0.3, -0.25) is 0 Å². The molecule has 0 aromatic heterocycles. The van der Waals surface area contributed by atoms with Crippen LogP contribution in [0.25, 0.3) is 0 Å². The fourth-order valence-corrected chi connectivity index (χ4v) is 3.89. The molecule has 4 nitrogen and oxygen atoms in total. The first-order valence-electron chi connectivity index (χ1n) is 7.34. The van der Waals surface area contributed by atoms with E-state index in [9.17, 15) is 8.42 Å². The zero-order valence-corrected chi connectivity index (χ0v) is 13.3. The Labute approximate surface area is 131 Å². The topological polar surface area (TPSA) is 55.4 Å². The molecule has 3 rings (SSSR count). The van der Waals surface area contributed by atoms with Crippen molar-refractivity contribution in [3.8, 4) is 5.75 Å². The summed E-state index contributed by atoms with van der Waals surface area (Å²) in [6, 6.07) is 14.7. The lowest BCUT2D eigenvalue weighted by molar-refractivity contribution is 0.267. The SMILES string of the molecule is Cc1cccc(S(=O)(=O)NCC2CCOc3ccccc32)c1. The summed E-state index contributed by atoms with van der Waals surface area (Å²) >= 11 is 0. The lowest BCUT2D eigenvalue weighted by Gasteiger charge is -2.26. The monoisotopic (exact) mass is 317 g/mol. The van der Waals surface area contributed by atoms with Gasteiger partial charge in [0, 0.05) is 12.5 Å². The average Bonchev–Trinajstić information content (AvgIpc) is 2.53. The summed E-state index contributed by atoms with van der Waals surface area (Å²) in [5.74, 6) is 0.998. The molecule has 116 valence electrons. The van der Waals surface area contributed by atoms with Crippen LogP contribution in [-0.2, 0) is 10.0 Å². The van der Waals surface area contributed by atoms with Gasteiger partial charge in [-0.05, 0) is 42.7 Å². The Hall–Kier alpha value is -1.85. The van der Waals surface area contributed by atoms with Crippen LogP contribution in [0.2, 0.25) is 0 Å². The van der Waals surface area contributed by atoms with Gasteiger partial charge in [-0.1, -0.05) is 30.3 Å². The van der Waals surface area contributed by atoms with Gasteiger partial charge in [-0.15, -0.1) is 0 Å². The number of hydrogen-bond donors (Lipinski definition) is 1. The van der Waals surface area contributed by atoms with Gasteiger partial charge in [0.15, 0.2) is 0 Å². The molecule has 0 spiro atoms. The summed E-state index contributed by atoms with van der Waals surface area (Å²) in [6.45, 7) is 2.89. The quantitative estimate of drug-likeness (QED) is 0.943. The van der Waals surface area contributed by atoms with Crippen molar-refractivity contribution in [1.82, 2.24) is 4.72 Å². The molecular weight excluding hydrogens is 298 g/mol. The number of hydrogen-bond acceptors (Lipinski definition) is 3. The van der Waals surface area contributed by atoms with Crippen molar-refractivity contribution in [3.05, 3.63) is 59.7 Å². The summed E-state index contributed by atoms with van der Waals surface area (Å²) < 4.78 is 33.1. The lowest BCUT2D eigenvalue weighted by Crippen LogP contribution is -2.30. The Balaban J connectivity index is 1.76. The van der Waals surface area contributed by atoms with Gasteiger partial charge < -0.3 is 4.74 Å². The second-order valence-corrected chi connectivity index (χ2v) is 7.31. The first-order chi connectivity index (χ1) is 10.6. The summed E-state index contributed by atoms with van der Waals surface area (Å²) in [4.78, 5) is 0.313. The third kappa shape index (κ3) is 3.15. The smallest absolute Gasteiger partial charge is 0.240 e. The van der Waals surface area contributed by atoms with E-state index >= 15 is 0 Å². The van der Waals surface area contributed by atoms with Crippen LogP contribution in [0.1, 0.15) is 23.5 Å². The number of nitrogens with one attached hydrogen (secondary N) is 1. The van der Waals surface area contributed by atoms with Crippen LogP contribution in [0.15, 0.2) is 53.4 Å². The second kappa shape index (κ2) is 6.10. The van der Waals surface area contributed by atoms with Crippen LogP contribution in [0.5, 0.6) is 5.75 Å². The van der Waals surface area contributed by atoms with E-state index in [0.29, 0.717) is 18.0 Å². The van der Waals surface area contributed by atoms with Crippen LogP contribution in [0.4, 0.5) is 0 Å². The number of rotatable bonds is 4. The number of aryl methyl sites for hydroxylation is 1. The summed E-state index contributed by atoms with van der Waals surface area (Å²) in [5.41, 5.74) is 2.00. The van der Waals surface area contributed by atoms with E-state index in [1.165, 1.54) is 0 Å². The summed E-state index contributed by atoms with van der Waals surface area (Å²) in [5, 5.41) is 0. The molecule has 0 saturated carbocycles. The molecule has 1 aliphatic rings. The molecule has 0 radical (unpaired) electrons. The highest BCUT2D eigenvalue weighted by Gasteiger charge is 2.23. The van der Waals surface area contributed by atoms with Crippen molar-refractivity contribution in [2.45, 2.75) is 24.2 Å². The molecule has 1 heterocycles. The largest absolute Gasteiger partial charge is 0.493 e. The minimum absolute atomic E-state index is 0.143. The molecule has 0 amide bonds. The zero-order valence-electron chi connectivity index (χ0n) is 12.5. The zero-order chi connectivity index (χ0) is 15.6. The van der Waals surface area contributed by atoms with E-state index in [4.69, 9.17) is 4.74 Å². The van der Waals surface area contributed by atoms with Crippen molar-refractivity contribution in [3.63, 3.8) is 0 Å². The van der Waals surface area contributed by atoms with Gasteiger partial charge >= 0.3 is 0 Å². The van der Waals surface area contributed by atoms with Crippen LogP contribution < -0.4 is 9.46 Å². The lowest BCUT2D eigenvalue weighted by atomic mass is 9.93. The number of sulfonamides is 1. The normalized spacial score (nSPS) is 17.6. The molecule has 0 saturated heterocycles. The Morgan fingerprint density at radius 1 is 1.18 bits per heavy atom. The maximum Gasteiger partial charge on any atom is 0.240 e. The number of ether oxygens (including phenoxy) is 1. The minimum atomic E-state index is -3.48. The maximum atomic E-state index is 12.4. The minimum Gasteiger partial charge on any atom is -0.493 e. The standard InChI is InChI=1S/C17H19NO3S/c1-13-5-4-6-15(11-13)22(19,20)18-12-14-9-10-21-17-8-3-2-7-16(14)17/h2-8,11,14,18H,9-10,12H2,1H3. The Bertz CT molecular complexity index is 771. The van der Waals surface area contributed by atoms with E-state index < -0.39 is 10.0 Å². The van der Waals surface area contributed by atoms with Crippen LogP contribution in [-0.4, -0.2) is 21.6 Å². The molecule has 0 fully saturated rings. The predicted octanol–water partition coefficient (Wildman–Crippen LogP) is 2.84. The molecule has 2 aromatic rings. The first-order valence-corrected chi connectivity index (χ1v) is 8.82. The fraction of sp³-hybridized carbons (Fsp3) is 0.294. The van der Waals surface area contributed by atoms with Crippen LogP contribution >= 0.6 is 0 Å². The molecule has 5 heteroatoms. The van der Waals surface area contributed by atoms with Gasteiger partial charge in [0.05, 0.1) is 11.5 Å². The van der Waals surface area contributed by atoms with Crippen LogP contribution in [0.3, 0.4) is 0 Å². The van der Waals surface area contributed by atoms with Crippen molar-refractivity contribution in [2.75, 3.05) is 13.2 Å². The molecule has 1 N–H and O–H groups in total. The highest BCUT2D eigenvalue weighted by Crippen LogP contribution is 2.33. The average molecular weight is 317 g/mol. The van der Waals surface area contributed by atoms with Gasteiger partial charge in [0.25, 0.3) is 0 Å². The third-order valence-corrected chi connectivity index (χ3v) is 5.32. The molecule has 1 atom stereocenters. The first kappa shape index (κ1) is 15.1. The second-order valence-electron chi connectivity index (χ2n) is 5.54. The van der Waals surface area contributed by atoms with Crippen molar-refractivity contribution < 1.29 is 13.2 Å². The van der Waals surface area contributed by atoms with E-state index in [1.54, 1.807) is 18.2 Å². The molecule has 1 aliphatic heterocycles. The molecular formula is C17H19NO3S. The molecule has 0 aliphatic carbocycles. The van der Waals surface area contributed by atoms with Crippen molar-refractivity contribution in [1.29, 1.82) is 0 Å². The molecule has 22 heavy (non-hydrogen) atoms. The third-order valence-electron chi connectivity index (χ3n) is 3.90. The maximum absolute atomic E-state index is 12.4. The predicted molar refractivity (Wildman–Crippen MR) is 85.7 cm³/mol. The fourth-order valence-electron chi connectivity index (χ4n) is 2.70. The van der Waals surface area contributed by atoms with Gasteiger partial charge in [0.1, 0.15) is 5.75 Å².